The quantitative estimate of drug-likeness (QED) is 0.876. The maximum Gasteiger partial charge on any atom is 0.251 e. The number of hydrogen-bond donors (Lipinski definition) is 2. The molecule has 0 bridgehead atoms. The van der Waals surface area contributed by atoms with Gasteiger partial charge in [-0.2, -0.15) is 0 Å². The van der Waals surface area contributed by atoms with E-state index in [2.05, 4.69) is 24.2 Å². The lowest BCUT2D eigenvalue weighted by Crippen LogP contribution is -2.52. The molecule has 1 aliphatic carbocycles. The van der Waals surface area contributed by atoms with Gasteiger partial charge in [0.15, 0.2) is 0 Å². The highest BCUT2D eigenvalue weighted by atomic mass is 16.3. The molecule has 0 unspecified atom stereocenters. The lowest BCUT2D eigenvalue weighted by atomic mass is 9.95. The predicted octanol–water partition coefficient (Wildman–Crippen LogP) is 2.69. The van der Waals surface area contributed by atoms with E-state index >= 15 is 0 Å². The molecule has 0 saturated heterocycles. The van der Waals surface area contributed by atoms with Crippen molar-refractivity contribution in [1.82, 2.24) is 10.2 Å². The largest absolute Gasteiger partial charge is 0.508 e. The Balaban J connectivity index is 2.05. The van der Waals surface area contributed by atoms with Gasteiger partial charge in [-0.25, -0.2) is 0 Å². The van der Waals surface area contributed by atoms with E-state index in [4.69, 9.17) is 0 Å². The minimum Gasteiger partial charge on any atom is -0.508 e. The van der Waals surface area contributed by atoms with Crippen LogP contribution in [0, 0.1) is 6.92 Å². The SMILES string of the molecule is CCN(C)C1(CNC(=O)c2ccc(O)cc2C)CCCC1. The van der Waals surface area contributed by atoms with Gasteiger partial charge < -0.3 is 10.4 Å². The third-order valence-electron chi connectivity index (χ3n) is 4.85. The van der Waals surface area contributed by atoms with Crippen LogP contribution in [0.3, 0.4) is 0 Å². The summed E-state index contributed by atoms with van der Waals surface area (Å²) in [6, 6.07) is 4.87. The fourth-order valence-corrected chi connectivity index (χ4v) is 3.30. The number of amides is 1. The summed E-state index contributed by atoms with van der Waals surface area (Å²) < 4.78 is 0. The van der Waals surface area contributed by atoms with Crippen molar-refractivity contribution < 1.29 is 9.90 Å². The fraction of sp³-hybridized carbons (Fsp3) is 0.588. The molecule has 0 aliphatic heterocycles. The number of nitrogens with one attached hydrogen (secondary N) is 1. The standard InChI is InChI=1S/C17H26N2O2/c1-4-19(3)17(9-5-6-10-17)12-18-16(21)15-8-7-14(20)11-13(15)2/h7-8,11,20H,4-6,9-10,12H2,1-3H3,(H,18,21). The number of benzene rings is 1. The van der Waals surface area contributed by atoms with Gasteiger partial charge in [-0.05, 0) is 57.1 Å². The van der Waals surface area contributed by atoms with Crippen molar-refractivity contribution in [3.05, 3.63) is 29.3 Å². The number of carbonyl (C=O) groups is 1. The number of carbonyl (C=O) groups excluding carboxylic acids is 1. The first-order valence-electron chi connectivity index (χ1n) is 7.77. The molecule has 1 amide bonds. The molecule has 0 spiro atoms. The number of aryl methyl sites for hydroxylation is 1. The van der Waals surface area contributed by atoms with E-state index in [1.54, 1.807) is 18.2 Å². The zero-order valence-corrected chi connectivity index (χ0v) is 13.3. The number of phenolic OH excluding ortho intramolecular Hbond substituents is 1. The summed E-state index contributed by atoms with van der Waals surface area (Å²) in [6.45, 7) is 5.69. The second-order valence-corrected chi connectivity index (χ2v) is 6.13. The zero-order valence-electron chi connectivity index (χ0n) is 13.3. The Morgan fingerprint density at radius 1 is 1.38 bits per heavy atom. The Labute approximate surface area is 127 Å². The first kappa shape index (κ1) is 15.8. The van der Waals surface area contributed by atoms with Crippen LogP contribution in [0.25, 0.3) is 0 Å². The lowest BCUT2D eigenvalue weighted by molar-refractivity contribution is 0.0874. The molecule has 1 aromatic carbocycles. The average Bonchev–Trinajstić information content (AvgIpc) is 2.94. The molecule has 0 radical (unpaired) electrons. The fourth-order valence-electron chi connectivity index (χ4n) is 3.30. The molecule has 0 atom stereocenters. The van der Waals surface area contributed by atoms with E-state index in [1.165, 1.54) is 12.8 Å². The molecule has 1 aliphatic rings. The topological polar surface area (TPSA) is 52.6 Å². The lowest BCUT2D eigenvalue weighted by Gasteiger charge is -2.38. The summed E-state index contributed by atoms with van der Waals surface area (Å²) in [6.07, 6.45) is 4.76. The minimum absolute atomic E-state index is 0.0525. The van der Waals surface area contributed by atoms with E-state index in [0.717, 1.165) is 24.9 Å². The van der Waals surface area contributed by atoms with Gasteiger partial charge in [-0.1, -0.05) is 19.8 Å². The number of phenols is 1. The summed E-state index contributed by atoms with van der Waals surface area (Å²) in [7, 11) is 2.14. The van der Waals surface area contributed by atoms with Crippen LogP contribution in [0.5, 0.6) is 5.75 Å². The maximum absolute atomic E-state index is 12.4. The van der Waals surface area contributed by atoms with Crippen molar-refractivity contribution in [3.63, 3.8) is 0 Å². The minimum atomic E-state index is -0.0525. The molecular formula is C17H26N2O2. The van der Waals surface area contributed by atoms with E-state index in [1.807, 2.05) is 6.92 Å². The first-order valence-corrected chi connectivity index (χ1v) is 7.77. The zero-order chi connectivity index (χ0) is 15.5. The van der Waals surface area contributed by atoms with E-state index in [-0.39, 0.29) is 17.2 Å². The summed E-state index contributed by atoms with van der Waals surface area (Å²) in [5, 5.41) is 12.5. The molecule has 116 valence electrons. The Morgan fingerprint density at radius 2 is 2.05 bits per heavy atom. The number of hydrogen-bond acceptors (Lipinski definition) is 3. The van der Waals surface area contributed by atoms with Crippen LogP contribution in [-0.4, -0.2) is 41.6 Å². The normalized spacial score (nSPS) is 17.1. The van der Waals surface area contributed by atoms with Crippen LogP contribution in [0.4, 0.5) is 0 Å². The van der Waals surface area contributed by atoms with E-state index < -0.39 is 0 Å². The van der Waals surface area contributed by atoms with Gasteiger partial charge in [0.05, 0.1) is 0 Å². The van der Waals surface area contributed by atoms with Crippen LogP contribution >= 0.6 is 0 Å². The second kappa shape index (κ2) is 6.48. The van der Waals surface area contributed by atoms with E-state index in [0.29, 0.717) is 12.1 Å². The molecule has 0 aromatic heterocycles. The Morgan fingerprint density at radius 3 is 2.62 bits per heavy atom. The number of likely N-dealkylation sites (N-methyl/N-ethyl adjacent to an activating group) is 1. The summed E-state index contributed by atoms with van der Waals surface area (Å²) in [4.78, 5) is 14.7. The van der Waals surface area contributed by atoms with Crippen LogP contribution in [0.15, 0.2) is 18.2 Å². The highest BCUT2D eigenvalue weighted by molar-refractivity contribution is 5.95. The van der Waals surface area contributed by atoms with Crippen molar-refractivity contribution in [2.75, 3.05) is 20.1 Å². The smallest absolute Gasteiger partial charge is 0.251 e. The summed E-state index contributed by atoms with van der Waals surface area (Å²) in [5.41, 5.74) is 1.55. The molecule has 1 saturated carbocycles. The van der Waals surface area contributed by atoms with Crippen molar-refractivity contribution in [2.45, 2.75) is 45.1 Å². The van der Waals surface area contributed by atoms with Gasteiger partial charge in [0, 0.05) is 17.6 Å². The van der Waals surface area contributed by atoms with Gasteiger partial charge in [0.1, 0.15) is 5.75 Å². The molecule has 4 heteroatoms. The van der Waals surface area contributed by atoms with Crippen molar-refractivity contribution >= 4 is 5.91 Å². The summed E-state index contributed by atoms with van der Waals surface area (Å²) >= 11 is 0. The molecule has 2 N–H and O–H groups in total. The molecule has 21 heavy (non-hydrogen) atoms. The second-order valence-electron chi connectivity index (χ2n) is 6.13. The van der Waals surface area contributed by atoms with Gasteiger partial charge in [-0.15, -0.1) is 0 Å². The summed E-state index contributed by atoms with van der Waals surface area (Å²) in [5.74, 6) is 0.144. The van der Waals surface area contributed by atoms with Crippen molar-refractivity contribution in [3.8, 4) is 5.75 Å². The number of aromatic hydroxyl groups is 1. The van der Waals surface area contributed by atoms with Gasteiger partial charge in [0.25, 0.3) is 5.91 Å². The van der Waals surface area contributed by atoms with Crippen LogP contribution < -0.4 is 5.32 Å². The number of rotatable bonds is 5. The highest BCUT2D eigenvalue weighted by Crippen LogP contribution is 2.33. The van der Waals surface area contributed by atoms with Gasteiger partial charge >= 0.3 is 0 Å². The Bertz CT molecular complexity index is 508. The average molecular weight is 290 g/mol. The monoisotopic (exact) mass is 290 g/mol. The van der Waals surface area contributed by atoms with Crippen LogP contribution in [0.1, 0.15) is 48.5 Å². The Hall–Kier alpha value is -1.55. The van der Waals surface area contributed by atoms with Gasteiger partial charge in [-0.3, -0.25) is 9.69 Å². The molecule has 2 rings (SSSR count). The molecular weight excluding hydrogens is 264 g/mol. The van der Waals surface area contributed by atoms with Crippen molar-refractivity contribution in [1.29, 1.82) is 0 Å². The van der Waals surface area contributed by atoms with Crippen molar-refractivity contribution in [2.24, 2.45) is 0 Å². The first-order chi connectivity index (χ1) is 9.98. The molecule has 4 nitrogen and oxygen atoms in total. The predicted molar refractivity (Wildman–Crippen MR) is 84.7 cm³/mol. The van der Waals surface area contributed by atoms with Crippen LogP contribution in [-0.2, 0) is 0 Å². The molecule has 1 aromatic rings. The van der Waals surface area contributed by atoms with Gasteiger partial charge in [0.2, 0.25) is 0 Å². The third-order valence-corrected chi connectivity index (χ3v) is 4.85. The van der Waals surface area contributed by atoms with E-state index in [9.17, 15) is 9.90 Å². The Kier molecular flexibility index (Phi) is 4.88. The highest BCUT2D eigenvalue weighted by Gasteiger charge is 2.37. The van der Waals surface area contributed by atoms with Crippen LogP contribution in [0.2, 0.25) is 0 Å². The maximum atomic E-state index is 12.4. The molecule has 0 heterocycles. The third kappa shape index (κ3) is 3.38. The molecule has 1 fully saturated rings. The number of nitrogens with zero attached hydrogens (tertiary/aromatic N) is 1.